The summed E-state index contributed by atoms with van der Waals surface area (Å²) < 4.78 is 1.04. The minimum absolute atomic E-state index is 0.578. The van der Waals surface area contributed by atoms with Crippen LogP contribution in [0.15, 0.2) is 22.1 Å². The van der Waals surface area contributed by atoms with Gasteiger partial charge in [0.1, 0.15) is 6.07 Å². The molecule has 64 valence electrons. The molecule has 13 heavy (non-hydrogen) atoms. The molecule has 0 radical (unpaired) electrons. The molecule has 2 aromatic heterocycles. The van der Waals surface area contributed by atoms with Crippen molar-refractivity contribution in [3.63, 3.8) is 0 Å². The molecule has 0 aliphatic carbocycles. The Kier molecular flexibility index (Phi) is 2.17. The zero-order valence-corrected chi connectivity index (χ0v) is 8.82. The highest BCUT2D eigenvalue weighted by Gasteiger charge is 2.08. The lowest BCUT2D eigenvalue weighted by Crippen LogP contribution is -1.75. The first-order valence-corrected chi connectivity index (χ1v) is 5.11. The third kappa shape index (κ3) is 1.50. The van der Waals surface area contributed by atoms with E-state index in [-0.39, 0.29) is 0 Å². The van der Waals surface area contributed by atoms with Crippen molar-refractivity contribution in [3.05, 3.63) is 27.7 Å². The summed E-state index contributed by atoms with van der Waals surface area (Å²) in [6.07, 6.45) is 1.53. The quantitative estimate of drug-likeness (QED) is 0.850. The van der Waals surface area contributed by atoms with Crippen LogP contribution in [0.2, 0.25) is 0 Å². The molecule has 2 rings (SSSR count). The van der Waals surface area contributed by atoms with Gasteiger partial charge in [-0.15, -0.1) is 11.3 Å². The number of aromatic nitrogens is 2. The molecule has 2 heterocycles. The molecule has 0 fully saturated rings. The fraction of sp³-hybridized carbons (Fsp3) is 0. The zero-order chi connectivity index (χ0) is 9.26. The molecule has 0 aliphatic rings. The average Bonchev–Trinajstić information content (AvgIpc) is 2.71. The van der Waals surface area contributed by atoms with Gasteiger partial charge >= 0.3 is 0 Å². The van der Waals surface area contributed by atoms with Gasteiger partial charge in [0, 0.05) is 0 Å². The SMILES string of the molecule is N#Cc1cn[nH]c1-c1ccc(Br)s1. The zero-order valence-electron chi connectivity index (χ0n) is 6.41. The topological polar surface area (TPSA) is 52.5 Å². The van der Waals surface area contributed by atoms with E-state index in [4.69, 9.17) is 5.26 Å². The maximum atomic E-state index is 8.76. The minimum atomic E-state index is 0.578. The summed E-state index contributed by atoms with van der Waals surface area (Å²) in [5, 5.41) is 15.4. The van der Waals surface area contributed by atoms with E-state index in [1.807, 2.05) is 12.1 Å². The van der Waals surface area contributed by atoms with E-state index in [0.717, 1.165) is 14.4 Å². The van der Waals surface area contributed by atoms with E-state index in [1.54, 1.807) is 11.3 Å². The van der Waals surface area contributed by atoms with Gasteiger partial charge in [-0.2, -0.15) is 10.4 Å². The second-order valence-corrected chi connectivity index (χ2v) is 4.84. The lowest BCUT2D eigenvalue weighted by atomic mass is 10.2. The van der Waals surface area contributed by atoms with Crippen molar-refractivity contribution < 1.29 is 0 Å². The summed E-state index contributed by atoms with van der Waals surface area (Å²) in [5.74, 6) is 0. The molecule has 0 aromatic carbocycles. The summed E-state index contributed by atoms with van der Waals surface area (Å²) >= 11 is 4.93. The van der Waals surface area contributed by atoms with Gasteiger partial charge in [0.15, 0.2) is 0 Å². The summed E-state index contributed by atoms with van der Waals surface area (Å²) in [5.41, 5.74) is 1.37. The normalized spacial score (nSPS) is 9.85. The van der Waals surface area contributed by atoms with Crippen molar-refractivity contribution in [2.45, 2.75) is 0 Å². The van der Waals surface area contributed by atoms with E-state index in [0.29, 0.717) is 5.56 Å². The third-order valence-corrected chi connectivity index (χ3v) is 3.22. The van der Waals surface area contributed by atoms with E-state index < -0.39 is 0 Å². The second kappa shape index (κ2) is 3.32. The number of nitrogens with one attached hydrogen (secondary N) is 1. The number of nitrogens with zero attached hydrogens (tertiary/aromatic N) is 2. The van der Waals surface area contributed by atoms with Crippen molar-refractivity contribution in [1.29, 1.82) is 5.26 Å². The average molecular weight is 254 g/mol. The number of aromatic amines is 1. The van der Waals surface area contributed by atoms with Crippen LogP contribution < -0.4 is 0 Å². The number of thiophene rings is 1. The molecule has 3 nitrogen and oxygen atoms in total. The van der Waals surface area contributed by atoms with Crippen LogP contribution in [0.4, 0.5) is 0 Å². The maximum Gasteiger partial charge on any atom is 0.103 e. The van der Waals surface area contributed by atoms with Gasteiger partial charge in [0.05, 0.1) is 26.1 Å². The fourth-order valence-electron chi connectivity index (χ4n) is 1.01. The first kappa shape index (κ1) is 8.48. The molecule has 0 saturated heterocycles. The Bertz CT molecular complexity index is 466. The van der Waals surface area contributed by atoms with Crippen LogP contribution >= 0.6 is 27.3 Å². The van der Waals surface area contributed by atoms with E-state index in [2.05, 4.69) is 32.2 Å². The standard InChI is InChI=1S/C8H4BrN3S/c9-7-2-1-6(13-7)8-5(3-10)4-11-12-8/h1-2,4H,(H,11,12). The van der Waals surface area contributed by atoms with Crippen LogP contribution in [-0.4, -0.2) is 10.2 Å². The highest BCUT2D eigenvalue weighted by atomic mass is 79.9. The highest BCUT2D eigenvalue weighted by molar-refractivity contribution is 9.11. The van der Waals surface area contributed by atoms with Gasteiger partial charge in [-0.05, 0) is 28.1 Å². The first-order chi connectivity index (χ1) is 6.31. The summed E-state index contributed by atoms with van der Waals surface area (Å²) in [6, 6.07) is 5.97. The molecule has 0 amide bonds. The second-order valence-electron chi connectivity index (χ2n) is 2.37. The van der Waals surface area contributed by atoms with Crippen molar-refractivity contribution in [3.8, 4) is 16.6 Å². The Hall–Kier alpha value is -1.12. The Morgan fingerprint density at radius 2 is 2.38 bits per heavy atom. The summed E-state index contributed by atoms with van der Waals surface area (Å²) in [6.45, 7) is 0. The van der Waals surface area contributed by atoms with E-state index in [9.17, 15) is 0 Å². The molecule has 0 bridgehead atoms. The molecular formula is C8H4BrN3S. The van der Waals surface area contributed by atoms with Crippen LogP contribution in [0.1, 0.15) is 5.56 Å². The molecule has 5 heteroatoms. The van der Waals surface area contributed by atoms with Gasteiger partial charge in [0.25, 0.3) is 0 Å². The smallest absolute Gasteiger partial charge is 0.103 e. The Morgan fingerprint density at radius 3 is 3.00 bits per heavy atom. The lowest BCUT2D eigenvalue weighted by molar-refractivity contribution is 1.10. The highest BCUT2D eigenvalue weighted by Crippen LogP contribution is 2.31. The Morgan fingerprint density at radius 1 is 1.54 bits per heavy atom. The predicted octanol–water partition coefficient (Wildman–Crippen LogP) is 2.77. The van der Waals surface area contributed by atoms with Crippen molar-refractivity contribution in [2.75, 3.05) is 0 Å². The van der Waals surface area contributed by atoms with Gasteiger partial charge in [0.2, 0.25) is 0 Å². The molecular weight excluding hydrogens is 250 g/mol. The number of halogens is 1. The van der Waals surface area contributed by atoms with Crippen molar-refractivity contribution >= 4 is 27.3 Å². The lowest BCUT2D eigenvalue weighted by Gasteiger charge is -1.89. The number of hydrogen-bond donors (Lipinski definition) is 1. The van der Waals surface area contributed by atoms with Gasteiger partial charge in [-0.25, -0.2) is 0 Å². The van der Waals surface area contributed by atoms with Crippen molar-refractivity contribution in [1.82, 2.24) is 10.2 Å². The summed E-state index contributed by atoms with van der Waals surface area (Å²) in [7, 11) is 0. The monoisotopic (exact) mass is 253 g/mol. The molecule has 0 saturated carbocycles. The molecule has 0 aliphatic heterocycles. The van der Waals surface area contributed by atoms with Crippen LogP contribution in [0.3, 0.4) is 0 Å². The Balaban J connectivity index is 2.53. The number of rotatable bonds is 1. The molecule has 0 spiro atoms. The van der Waals surface area contributed by atoms with Crippen LogP contribution in [0.25, 0.3) is 10.6 Å². The number of hydrogen-bond acceptors (Lipinski definition) is 3. The first-order valence-electron chi connectivity index (χ1n) is 3.50. The van der Waals surface area contributed by atoms with E-state index >= 15 is 0 Å². The maximum absolute atomic E-state index is 8.76. The Labute approximate surface area is 87.2 Å². The minimum Gasteiger partial charge on any atom is -0.276 e. The summed E-state index contributed by atoms with van der Waals surface area (Å²) in [4.78, 5) is 1.01. The molecule has 2 aromatic rings. The van der Waals surface area contributed by atoms with Crippen LogP contribution in [0.5, 0.6) is 0 Å². The number of H-pyrrole nitrogens is 1. The molecule has 0 unspecified atom stereocenters. The van der Waals surface area contributed by atoms with Gasteiger partial charge in [-0.1, -0.05) is 0 Å². The van der Waals surface area contributed by atoms with Crippen molar-refractivity contribution in [2.24, 2.45) is 0 Å². The van der Waals surface area contributed by atoms with E-state index in [1.165, 1.54) is 6.20 Å². The van der Waals surface area contributed by atoms with Gasteiger partial charge < -0.3 is 0 Å². The molecule has 1 N–H and O–H groups in total. The van der Waals surface area contributed by atoms with Gasteiger partial charge in [-0.3, -0.25) is 5.10 Å². The third-order valence-electron chi connectivity index (χ3n) is 1.58. The fourth-order valence-corrected chi connectivity index (χ4v) is 2.40. The number of nitriles is 1. The molecule has 0 atom stereocenters. The predicted molar refractivity (Wildman–Crippen MR) is 54.3 cm³/mol. The largest absolute Gasteiger partial charge is 0.276 e. The van der Waals surface area contributed by atoms with Crippen LogP contribution in [0, 0.1) is 11.3 Å². The van der Waals surface area contributed by atoms with Crippen LogP contribution in [-0.2, 0) is 0 Å².